The monoisotopic (exact) mass is 308 g/mol. The lowest BCUT2D eigenvalue weighted by Crippen LogP contribution is -2.40. The fourth-order valence-corrected chi connectivity index (χ4v) is 5.67. The average Bonchev–Trinajstić information content (AvgIpc) is 2.76. The van der Waals surface area contributed by atoms with Crippen LogP contribution in [0.1, 0.15) is 6.42 Å². The van der Waals surface area contributed by atoms with E-state index in [-0.39, 0.29) is 11.3 Å². The van der Waals surface area contributed by atoms with Crippen molar-refractivity contribution in [3.05, 3.63) is 9.98 Å². The molecule has 2 saturated heterocycles. The van der Waals surface area contributed by atoms with Crippen molar-refractivity contribution in [2.24, 2.45) is 0 Å². The van der Waals surface area contributed by atoms with Crippen LogP contribution in [0, 0.1) is 0 Å². The van der Waals surface area contributed by atoms with Gasteiger partial charge in [0.25, 0.3) is 0 Å². The molecule has 2 unspecified atom stereocenters. The van der Waals surface area contributed by atoms with Gasteiger partial charge in [-0.1, -0.05) is 0 Å². The lowest BCUT2D eigenvalue weighted by Gasteiger charge is -2.25. The number of rotatable bonds is 1. The summed E-state index contributed by atoms with van der Waals surface area (Å²) in [6.45, 7) is 0.618. The molecule has 2 aliphatic heterocycles. The van der Waals surface area contributed by atoms with Crippen LogP contribution in [-0.4, -0.2) is 37.0 Å². The Morgan fingerprint density at radius 2 is 2.40 bits per heavy atom. The van der Waals surface area contributed by atoms with E-state index >= 15 is 0 Å². The van der Waals surface area contributed by atoms with Crippen molar-refractivity contribution in [3.8, 4) is 0 Å². The molecule has 0 aliphatic carbocycles. The van der Waals surface area contributed by atoms with Gasteiger partial charge < -0.3 is 4.90 Å². The van der Waals surface area contributed by atoms with Gasteiger partial charge in [0.1, 0.15) is 4.60 Å². The van der Waals surface area contributed by atoms with Crippen molar-refractivity contribution < 1.29 is 8.42 Å². The quantitative estimate of drug-likeness (QED) is 0.784. The highest BCUT2D eigenvalue weighted by Crippen LogP contribution is 2.37. The number of sulfone groups is 1. The maximum absolute atomic E-state index is 11.6. The first-order chi connectivity index (χ1) is 7.06. The molecule has 0 amide bonds. The van der Waals surface area contributed by atoms with Crippen LogP contribution in [0.4, 0.5) is 5.13 Å². The molecule has 0 N–H and O–H groups in total. The number of thiazole rings is 1. The first-order valence-electron chi connectivity index (χ1n) is 4.65. The summed E-state index contributed by atoms with van der Waals surface area (Å²) in [4.78, 5) is 6.45. The van der Waals surface area contributed by atoms with Gasteiger partial charge >= 0.3 is 0 Å². The minimum Gasteiger partial charge on any atom is -0.343 e. The van der Waals surface area contributed by atoms with Gasteiger partial charge in [-0.25, -0.2) is 13.4 Å². The van der Waals surface area contributed by atoms with E-state index < -0.39 is 9.84 Å². The van der Waals surface area contributed by atoms with Gasteiger partial charge in [0, 0.05) is 18.0 Å². The number of anilines is 1. The molecule has 1 aromatic heterocycles. The highest BCUT2D eigenvalue weighted by molar-refractivity contribution is 9.10. The molecule has 0 spiro atoms. The smallest absolute Gasteiger partial charge is 0.186 e. The van der Waals surface area contributed by atoms with Crippen LogP contribution in [0.5, 0.6) is 0 Å². The number of halogens is 1. The largest absolute Gasteiger partial charge is 0.343 e. The predicted octanol–water partition coefficient (Wildman–Crippen LogP) is 1.28. The third-order valence-electron chi connectivity index (χ3n) is 3.02. The summed E-state index contributed by atoms with van der Waals surface area (Å²) >= 11 is 4.87. The minimum absolute atomic E-state index is 0.151. The molecule has 2 fully saturated rings. The Kier molecular flexibility index (Phi) is 2.13. The van der Waals surface area contributed by atoms with E-state index in [0.717, 1.165) is 16.2 Å². The number of nitrogens with zero attached hydrogens (tertiary/aromatic N) is 2. The van der Waals surface area contributed by atoms with E-state index in [4.69, 9.17) is 0 Å². The molecule has 0 aromatic carbocycles. The van der Waals surface area contributed by atoms with E-state index in [2.05, 4.69) is 25.8 Å². The second kappa shape index (κ2) is 3.18. The third kappa shape index (κ3) is 1.52. The van der Waals surface area contributed by atoms with Gasteiger partial charge in [0.05, 0.1) is 11.0 Å². The van der Waals surface area contributed by atoms with Crippen LogP contribution in [0.3, 0.4) is 0 Å². The fourth-order valence-electron chi connectivity index (χ4n) is 2.31. The zero-order valence-corrected chi connectivity index (χ0v) is 11.0. The third-order valence-corrected chi connectivity index (χ3v) is 6.81. The summed E-state index contributed by atoms with van der Waals surface area (Å²) in [5, 5.41) is 2.70. The summed E-state index contributed by atoms with van der Waals surface area (Å²) in [5.74, 6) is 0.300. The fraction of sp³-hybridized carbons (Fsp3) is 0.625. The van der Waals surface area contributed by atoms with Crippen LogP contribution in [0.15, 0.2) is 9.98 Å². The highest BCUT2D eigenvalue weighted by Gasteiger charge is 2.49. The van der Waals surface area contributed by atoms with Crippen molar-refractivity contribution in [2.75, 3.05) is 17.2 Å². The molecular weight excluding hydrogens is 300 g/mol. The normalized spacial score (nSPS) is 32.5. The molecule has 3 rings (SSSR count). The van der Waals surface area contributed by atoms with Gasteiger partial charge in [-0.05, 0) is 22.4 Å². The summed E-state index contributed by atoms with van der Waals surface area (Å²) in [5.41, 5.74) is 0. The first kappa shape index (κ1) is 10.0. The molecule has 2 bridgehead atoms. The van der Waals surface area contributed by atoms with Crippen LogP contribution >= 0.6 is 27.3 Å². The Bertz CT molecular complexity index is 498. The number of aromatic nitrogens is 1. The summed E-state index contributed by atoms with van der Waals surface area (Å²) in [6, 6.07) is 0.151. The number of hydrogen-bond acceptors (Lipinski definition) is 5. The Morgan fingerprint density at radius 1 is 1.60 bits per heavy atom. The van der Waals surface area contributed by atoms with Crippen molar-refractivity contribution in [1.82, 2.24) is 4.98 Å². The Hall–Kier alpha value is -0.140. The van der Waals surface area contributed by atoms with Crippen LogP contribution in [0.2, 0.25) is 0 Å². The Morgan fingerprint density at radius 3 is 2.87 bits per heavy atom. The molecule has 2 atom stereocenters. The molecule has 7 heteroatoms. The predicted molar refractivity (Wildman–Crippen MR) is 63.1 cm³/mol. The topological polar surface area (TPSA) is 50.3 Å². The van der Waals surface area contributed by atoms with Crippen molar-refractivity contribution in [3.63, 3.8) is 0 Å². The van der Waals surface area contributed by atoms with Crippen molar-refractivity contribution in [2.45, 2.75) is 17.7 Å². The van der Waals surface area contributed by atoms with E-state index in [9.17, 15) is 8.42 Å². The van der Waals surface area contributed by atoms with Crippen LogP contribution in [-0.2, 0) is 9.84 Å². The van der Waals surface area contributed by atoms with Crippen molar-refractivity contribution in [1.29, 1.82) is 0 Å². The zero-order valence-electron chi connectivity index (χ0n) is 7.76. The van der Waals surface area contributed by atoms with Gasteiger partial charge in [-0.15, -0.1) is 11.3 Å². The van der Waals surface area contributed by atoms with Gasteiger partial charge in [0.15, 0.2) is 15.0 Å². The van der Waals surface area contributed by atoms with Crippen LogP contribution < -0.4 is 4.90 Å². The molecular formula is C8H9BrN2O2S2. The second-order valence-corrected chi connectivity index (χ2v) is 7.92. The molecule has 82 valence electrons. The minimum atomic E-state index is -2.80. The summed E-state index contributed by atoms with van der Waals surface area (Å²) < 4.78 is 23.9. The van der Waals surface area contributed by atoms with Gasteiger partial charge in [-0.3, -0.25) is 0 Å². The number of fused-ring (bicyclic) bond motifs is 2. The molecule has 3 heterocycles. The standard InChI is InChI=1S/C8H9BrN2O2S2/c9-7-3-14-8(10-7)11-2-6-1-5(11)4-15(6,12)13/h3,5-6H,1-2,4H2. The van der Waals surface area contributed by atoms with Crippen molar-refractivity contribution >= 4 is 42.2 Å². The zero-order chi connectivity index (χ0) is 10.6. The van der Waals surface area contributed by atoms with E-state index in [1.807, 2.05) is 5.38 Å². The highest BCUT2D eigenvalue weighted by atomic mass is 79.9. The van der Waals surface area contributed by atoms with Gasteiger partial charge in [-0.2, -0.15) is 0 Å². The Balaban J connectivity index is 1.90. The molecule has 15 heavy (non-hydrogen) atoms. The maximum atomic E-state index is 11.6. The second-order valence-electron chi connectivity index (χ2n) is 3.95. The maximum Gasteiger partial charge on any atom is 0.186 e. The summed E-state index contributed by atoms with van der Waals surface area (Å²) in [6.07, 6.45) is 0.777. The lowest BCUT2D eigenvalue weighted by atomic mass is 10.2. The SMILES string of the molecule is O=S1(=O)CC2CC1CN2c1nc(Br)cs1. The molecule has 0 radical (unpaired) electrons. The Labute approximate surface area is 100 Å². The first-order valence-corrected chi connectivity index (χ1v) is 8.04. The van der Waals surface area contributed by atoms with E-state index in [0.29, 0.717) is 12.3 Å². The summed E-state index contributed by atoms with van der Waals surface area (Å²) in [7, 11) is -2.80. The molecule has 0 saturated carbocycles. The lowest BCUT2D eigenvalue weighted by molar-refractivity contribution is 0.585. The molecule has 1 aromatic rings. The van der Waals surface area contributed by atoms with Gasteiger partial charge in [0.2, 0.25) is 0 Å². The number of hydrogen-bond donors (Lipinski definition) is 0. The molecule has 2 aliphatic rings. The average molecular weight is 309 g/mol. The van der Waals surface area contributed by atoms with E-state index in [1.165, 1.54) is 0 Å². The molecule has 4 nitrogen and oxygen atoms in total. The van der Waals surface area contributed by atoms with E-state index in [1.54, 1.807) is 11.3 Å². The van der Waals surface area contributed by atoms with Crippen LogP contribution in [0.25, 0.3) is 0 Å².